The molecule has 134 heavy (non-hydrogen) atoms. The summed E-state index contributed by atoms with van der Waals surface area (Å²) in [5, 5.41) is 30.3. The zero-order valence-electron chi connectivity index (χ0n) is 80.4. The molecule has 0 aliphatic carbocycles. The van der Waals surface area contributed by atoms with Crippen LogP contribution >= 0.6 is 91.3 Å². The molecule has 0 saturated heterocycles. The number of nitrogens with one attached hydrogen (secondary N) is 1. The molecule has 0 radical (unpaired) electrons. The largest absolute Gasteiger partial charge is 1.00 e. The average molecular weight is 2180 g/mol. The van der Waals surface area contributed by atoms with E-state index in [1.165, 1.54) is 24.0 Å². The second-order valence-corrected chi connectivity index (χ2v) is 40.7. The molecule has 0 aromatic heterocycles. The summed E-state index contributed by atoms with van der Waals surface area (Å²) >= 11 is 22.3. The van der Waals surface area contributed by atoms with Crippen molar-refractivity contribution in [2.75, 3.05) is 72.1 Å². The summed E-state index contributed by atoms with van der Waals surface area (Å²) in [5.74, 6) is 15.9. The maximum Gasteiger partial charge on any atom is 1.00 e. The molecule has 708 valence electrons. The summed E-state index contributed by atoms with van der Waals surface area (Å²) in [7, 11) is 2.73. The number of phenolic OH excluding ortho intramolecular Hbond substituents is 1. The molecule has 5 heterocycles. The molecule has 5 aliphatic rings. The van der Waals surface area contributed by atoms with Crippen molar-refractivity contribution in [3.05, 3.63) is 231 Å². The Bertz CT molecular complexity index is 5850. The number of carbonyl (C=O) groups excluding carboxylic acids is 9. The second-order valence-electron chi connectivity index (χ2n) is 35.9. The van der Waals surface area contributed by atoms with Crippen molar-refractivity contribution >= 4 is 179 Å². The number of carbonyl (C=O) groups is 10. The van der Waals surface area contributed by atoms with Gasteiger partial charge in [-0.2, -0.15) is 0 Å². The Morgan fingerprint density at radius 1 is 0.425 bits per heavy atom. The van der Waals surface area contributed by atoms with Gasteiger partial charge in [0.2, 0.25) is 29.5 Å². The molecule has 13 rings (SSSR count). The molecular formula is C103H114Br5ClN5NaO19. The number of carboxylic acids is 1. The van der Waals surface area contributed by atoms with Crippen molar-refractivity contribution in [1.82, 2.24) is 0 Å². The van der Waals surface area contributed by atoms with E-state index in [1.807, 2.05) is 197 Å². The van der Waals surface area contributed by atoms with E-state index in [-0.39, 0.29) is 160 Å². The fraction of sp³-hybridized carbons (Fsp3) is 0.379. The van der Waals surface area contributed by atoms with Crippen LogP contribution in [0.4, 0.5) is 28.4 Å². The normalized spacial score (nSPS) is 15.2. The van der Waals surface area contributed by atoms with Gasteiger partial charge in [-0.25, -0.2) is 0 Å². The molecule has 8 aromatic carbocycles. The predicted molar refractivity (Wildman–Crippen MR) is 535 cm³/mol. The van der Waals surface area contributed by atoms with Crippen molar-refractivity contribution in [2.45, 2.75) is 196 Å². The number of carboxylic acid groups (broad SMARTS) is 1. The molecule has 3 unspecified atom stereocenters. The molecule has 0 bridgehead atoms. The summed E-state index contributed by atoms with van der Waals surface area (Å²) < 4.78 is 35.7. The first-order chi connectivity index (χ1) is 62.2. The first-order valence-electron chi connectivity index (χ1n) is 42.2. The van der Waals surface area contributed by atoms with Gasteiger partial charge in [-0.05, 0) is 303 Å². The van der Waals surface area contributed by atoms with Crippen molar-refractivity contribution in [2.24, 2.45) is 10.8 Å². The Balaban J connectivity index is 0.000000286. The van der Waals surface area contributed by atoms with Crippen molar-refractivity contribution in [1.29, 1.82) is 0 Å². The minimum atomic E-state index is -0.890. The summed E-state index contributed by atoms with van der Waals surface area (Å²) in [6.07, 6.45) is 0.369. The Kier molecular flexibility index (Phi) is 41.1. The first kappa shape index (κ1) is 113. The van der Waals surface area contributed by atoms with Gasteiger partial charge in [0.15, 0.2) is 26.3 Å². The quantitative estimate of drug-likeness (QED) is 0.0192. The van der Waals surface area contributed by atoms with Crippen LogP contribution in [0.5, 0.6) is 17.2 Å². The number of ether oxygens (including phenoxy) is 6. The van der Waals surface area contributed by atoms with Gasteiger partial charge in [0.25, 0.3) is 0 Å². The molecule has 4 N–H and O–H groups in total. The number of hydrogen-bond acceptors (Lipinski definition) is 18. The maximum atomic E-state index is 12.9. The minimum absolute atomic E-state index is 0. The van der Waals surface area contributed by atoms with Crippen LogP contribution < -0.4 is 63.9 Å². The van der Waals surface area contributed by atoms with Gasteiger partial charge in [-0.15, -0.1) is 17.8 Å². The van der Waals surface area contributed by atoms with Crippen LogP contribution in [0.15, 0.2) is 186 Å². The Morgan fingerprint density at radius 2 is 0.716 bits per heavy atom. The van der Waals surface area contributed by atoms with Crippen LogP contribution in [0, 0.1) is 46.4 Å². The molecule has 5 aliphatic heterocycles. The zero-order valence-corrected chi connectivity index (χ0v) is 90.1. The van der Waals surface area contributed by atoms with Gasteiger partial charge in [-0.1, -0.05) is 145 Å². The minimum Gasteiger partial charge on any atom is -1.00 e. The van der Waals surface area contributed by atoms with E-state index < -0.39 is 43.9 Å². The number of benzene rings is 8. The van der Waals surface area contributed by atoms with Crippen molar-refractivity contribution in [3.63, 3.8) is 0 Å². The Labute approximate surface area is 856 Å². The van der Waals surface area contributed by atoms with Gasteiger partial charge in [0.05, 0.1) is 112 Å². The molecule has 24 nitrogen and oxygen atoms in total. The van der Waals surface area contributed by atoms with Crippen LogP contribution in [0.1, 0.15) is 215 Å². The summed E-state index contributed by atoms with van der Waals surface area (Å²) in [6.45, 7) is 34.8. The number of anilines is 5. The fourth-order valence-electron chi connectivity index (χ4n) is 14.4. The van der Waals surface area contributed by atoms with E-state index in [9.17, 15) is 53.1 Å². The zero-order chi connectivity index (χ0) is 99.4. The van der Waals surface area contributed by atoms with Crippen LogP contribution in [0.25, 0.3) is 0 Å². The number of amides is 5. The van der Waals surface area contributed by atoms with E-state index in [0.717, 1.165) is 95.3 Å². The van der Waals surface area contributed by atoms with E-state index >= 15 is 0 Å². The third kappa shape index (κ3) is 28.7. The first-order valence-corrected chi connectivity index (χ1v) is 46.7. The average Bonchev–Trinajstić information content (AvgIpc) is 1.61. The van der Waals surface area contributed by atoms with E-state index in [2.05, 4.69) is 130 Å². The number of aromatic hydroxyl groups is 1. The molecule has 0 spiro atoms. The van der Waals surface area contributed by atoms with E-state index in [4.69, 9.17) is 40.8 Å². The molecule has 8 aromatic rings. The van der Waals surface area contributed by atoms with Crippen molar-refractivity contribution < 1.29 is 123 Å². The predicted octanol–water partition coefficient (Wildman–Crippen LogP) is 18.7. The van der Waals surface area contributed by atoms with Gasteiger partial charge >= 0.3 is 59.4 Å². The van der Waals surface area contributed by atoms with Gasteiger partial charge in [0.1, 0.15) is 24.0 Å². The molecule has 0 fully saturated rings. The number of alkyl halides is 1. The number of aliphatic carboxylic acids is 1. The van der Waals surface area contributed by atoms with Gasteiger partial charge < -0.3 is 50.5 Å². The number of phenols is 1. The van der Waals surface area contributed by atoms with Crippen LogP contribution in [0.2, 0.25) is 0 Å². The molecule has 3 atom stereocenters. The monoisotopic (exact) mass is 2180 g/mol. The second kappa shape index (κ2) is 48.8. The maximum absolute atomic E-state index is 12.9. The van der Waals surface area contributed by atoms with Gasteiger partial charge in [0, 0.05) is 28.1 Å². The standard InChI is InChI=1S/C24H24BrNO4.C23H22BrNO4.C16H20BrNO3.C13H14O3.C11H12BrNO2.C10H10BrNO.C6H11ClO2.Na.H/c1-5-6-17(13-22(27)29-4)16-7-10-19(11-8-16)30-15-26-21-12-9-18(25)14-20(21)24(2,3)23(26)28;1-4-5-16(12-21(26)27)15-6-9-18(10-7-15)29-14-25-20-11-8-17(24)13-19(20)23(2,3)22(25)28;1-15(2,3)14(20)21-9-18-12-7-6-10(17)8-11(12)16(4,5)13(18)19;1-3-4-11(9-13(15)16-2)10-5-7-12(14)8-6-10;1-11(2)8-5-7(12)3-4-9(8)13(6-14)10(11)15;1-10(2)7-5-6(11)3-4-8(7)12-9(10)13;1-6(2,3)5(8)9-4-7;;/h7-12,14,17H,13,15H2,1-4H3;6-11,13,16H,12,14H2,1-3H3,(H,26,27);6-8H,9H2,1-5H3;5-8,11,14H,9H2,1-2H3;3-5,14H,6H2,1-2H3;3-5H,1-2H3,(H,12,13);4H2,1-3H3;;/q;;;;;;;+1;-1. The number of hydrogen-bond donors (Lipinski definition) is 4. The Morgan fingerprint density at radius 3 is 1.01 bits per heavy atom. The number of fused-ring (bicyclic) bond motifs is 5. The fourth-order valence-corrected chi connectivity index (χ4v) is 16.3. The third-order valence-electron chi connectivity index (χ3n) is 22.3. The van der Waals surface area contributed by atoms with E-state index in [1.54, 1.807) is 109 Å². The summed E-state index contributed by atoms with van der Waals surface area (Å²) in [5.41, 5.74) is 7.96. The topological polar surface area (TPSA) is 312 Å². The van der Waals surface area contributed by atoms with Gasteiger partial charge in [-0.3, -0.25) is 67.5 Å². The molecule has 0 saturated carbocycles. The third-order valence-corrected chi connectivity index (χ3v) is 24.8. The number of nitrogens with zero attached hydrogens (tertiary/aromatic N) is 4. The SMILES string of the molecule is CC#CC(CC(=O)O)c1ccc(OCN2C(=O)C(C)(C)c3cc(Br)ccc32)cc1.CC#CC(CC(=O)OC)c1ccc(O)cc1.CC#CC(CC(=O)OC)c1ccc(OCN2C(=O)C(C)(C)c3cc(Br)ccc32)cc1.CC(C)(C)C(=O)OCCl.CC(C)(C)C(=O)OCN1C(=O)C(C)(C)c2cc(Br)ccc21.CC1(C)C(=O)N(CO)c2ccc(Br)cc21.CC1(C)C(=O)Nc2ccc(Br)cc21.[H-].[Na+]. The number of rotatable bonds is 19. The molecular weight excluding hydrogens is 2070 g/mol. The smallest absolute Gasteiger partial charge is 1.00 e. The van der Waals surface area contributed by atoms with Crippen LogP contribution in [-0.2, 0) is 94.0 Å². The molecule has 5 amide bonds. The summed E-state index contributed by atoms with van der Waals surface area (Å²) in [6, 6.07) is 50.0. The number of esters is 4. The number of halogens is 6. The summed E-state index contributed by atoms with van der Waals surface area (Å²) in [4.78, 5) is 125. The van der Waals surface area contributed by atoms with Crippen LogP contribution in [-0.4, -0.2) is 122 Å². The van der Waals surface area contributed by atoms with Crippen LogP contribution in [0.3, 0.4) is 0 Å². The Hall–Kier alpha value is -9.81. The number of methoxy groups -OCH3 is 2. The van der Waals surface area contributed by atoms with Crippen molar-refractivity contribution in [3.8, 4) is 52.8 Å². The number of aliphatic hydroxyl groups is 1. The number of aliphatic hydroxyl groups excluding tert-OH is 1. The molecule has 31 heteroatoms. The van der Waals surface area contributed by atoms with E-state index in [0.29, 0.717) is 11.5 Å².